The van der Waals surface area contributed by atoms with Crippen LogP contribution in [0, 0.1) is 42.6 Å². The second-order valence-electron chi connectivity index (χ2n) is 8.61. The summed E-state index contributed by atoms with van der Waals surface area (Å²) in [5.74, 6) is -3.03. The Morgan fingerprint density at radius 3 is 2.36 bits per heavy atom. The van der Waals surface area contributed by atoms with E-state index in [2.05, 4.69) is 11.4 Å². The van der Waals surface area contributed by atoms with Gasteiger partial charge >= 0.3 is 0 Å². The third-order valence-electron chi connectivity index (χ3n) is 6.34. The van der Waals surface area contributed by atoms with Crippen molar-refractivity contribution in [1.82, 2.24) is 14.4 Å². The average Bonchev–Trinajstić information content (AvgIpc) is 3.09. The molecule has 2 heterocycles. The summed E-state index contributed by atoms with van der Waals surface area (Å²) in [7, 11) is 0. The van der Waals surface area contributed by atoms with Gasteiger partial charge in [-0.1, -0.05) is 6.07 Å². The second kappa shape index (κ2) is 10.3. The number of carbonyl (C=O) groups is 2. The molecule has 0 radical (unpaired) electrons. The maximum Gasteiger partial charge on any atom is 0.254 e. The minimum atomic E-state index is -1.08. The van der Waals surface area contributed by atoms with Crippen molar-refractivity contribution >= 4 is 17.6 Å². The number of carbonyl (C=O) groups excluding carboxylic acids is 2. The quantitative estimate of drug-likeness (QED) is 0.584. The van der Waals surface area contributed by atoms with Crippen LogP contribution in [0.4, 0.5) is 19.0 Å². The van der Waals surface area contributed by atoms with E-state index in [1.165, 1.54) is 23.1 Å². The van der Waals surface area contributed by atoms with Gasteiger partial charge in [-0.25, -0.2) is 13.2 Å². The number of halogens is 3. The molecule has 0 spiro atoms. The van der Waals surface area contributed by atoms with Crippen LogP contribution in [0.5, 0.6) is 0 Å². The van der Waals surface area contributed by atoms with Gasteiger partial charge in [-0.2, -0.15) is 5.26 Å². The standard InChI is InChI=1S/C26H24F3N5O2/c1-16-17(2)34(20-5-3-4-19(27)13-20)25(21(16)14-30)31-24(35)15-32-8-10-33(11-9-32)26(36)18-6-7-22(28)23(29)12-18/h3-7,12-13H,8-11,15H2,1-2H3,(H,31,35). The van der Waals surface area contributed by atoms with Crippen LogP contribution < -0.4 is 5.32 Å². The SMILES string of the molecule is Cc1c(C#N)c(NC(=O)CN2CCN(C(=O)c3ccc(F)c(F)c3)CC2)n(-c2cccc(F)c2)c1C. The zero-order valence-electron chi connectivity index (χ0n) is 19.8. The van der Waals surface area contributed by atoms with Crippen molar-refractivity contribution in [2.75, 3.05) is 38.0 Å². The highest BCUT2D eigenvalue weighted by Crippen LogP contribution is 2.30. The monoisotopic (exact) mass is 495 g/mol. The molecule has 10 heteroatoms. The van der Waals surface area contributed by atoms with E-state index in [-0.39, 0.29) is 23.8 Å². The van der Waals surface area contributed by atoms with E-state index in [1.54, 1.807) is 30.5 Å². The van der Waals surface area contributed by atoms with Crippen molar-refractivity contribution in [2.45, 2.75) is 13.8 Å². The van der Waals surface area contributed by atoms with E-state index < -0.39 is 23.4 Å². The number of amides is 2. The minimum absolute atomic E-state index is 0.0184. The molecular weight excluding hydrogens is 471 g/mol. The lowest BCUT2D eigenvalue weighted by Crippen LogP contribution is -2.50. The van der Waals surface area contributed by atoms with Gasteiger partial charge in [0.15, 0.2) is 11.6 Å². The molecule has 0 unspecified atom stereocenters. The molecular formula is C26H24F3N5O2. The predicted octanol–water partition coefficient (Wildman–Crippen LogP) is 3.78. The van der Waals surface area contributed by atoms with Crippen LogP contribution >= 0.6 is 0 Å². The Kier molecular flexibility index (Phi) is 7.12. The Bertz CT molecular complexity index is 1370. The zero-order valence-corrected chi connectivity index (χ0v) is 19.8. The Morgan fingerprint density at radius 2 is 1.72 bits per heavy atom. The largest absolute Gasteiger partial charge is 0.336 e. The molecule has 186 valence electrons. The molecule has 1 aromatic heterocycles. The molecule has 36 heavy (non-hydrogen) atoms. The summed E-state index contributed by atoms with van der Waals surface area (Å²) in [6.45, 7) is 5.00. The van der Waals surface area contributed by atoms with E-state index >= 15 is 0 Å². The van der Waals surface area contributed by atoms with Crippen molar-refractivity contribution < 1.29 is 22.8 Å². The normalized spacial score (nSPS) is 13.9. The fourth-order valence-corrected chi connectivity index (χ4v) is 4.29. The summed E-state index contributed by atoms with van der Waals surface area (Å²) in [4.78, 5) is 28.9. The lowest BCUT2D eigenvalue weighted by molar-refractivity contribution is -0.117. The molecule has 0 saturated carbocycles. The number of rotatable bonds is 5. The van der Waals surface area contributed by atoms with Gasteiger partial charge in [-0.3, -0.25) is 19.1 Å². The first-order valence-corrected chi connectivity index (χ1v) is 11.3. The molecule has 0 aliphatic carbocycles. The van der Waals surface area contributed by atoms with Crippen molar-refractivity contribution in [2.24, 2.45) is 0 Å². The number of piperazine rings is 1. The fraction of sp³-hybridized carbons (Fsp3) is 0.269. The molecule has 3 aromatic rings. The molecule has 1 aliphatic rings. The maximum atomic E-state index is 13.9. The Balaban J connectivity index is 1.43. The number of anilines is 1. The van der Waals surface area contributed by atoms with Crippen LogP contribution in [0.3, 0.4) is 0 Å². The summed E-state index contributed by atoms with van der Waals surface area (Å²) in [5, 5.41) is 12.5. The lowest BCUT2D eigenvalue weighted by atomic mass is 10.1. The number of aromatic nitrogens is 1. The van der Waals surface area contributed by atoms with Gasteiger partial charge in [0.2, 0.25) is 5.91 Å². The molecule has 0 atom stereocenters. The molecule has 2 aromatic carbocycles. The Labute approximate surface area is 206 Å². The maximum absolute atomic E-state index is 13.9. The molecule has 1 N–H and O–H groups in total. The number of benzene rings is 2. The van der Waals surface area contributed by atoms with Crippen LogP contribution in [0.2, 0.25) is 0 Å². The van der Waals surface area contributed by atoms with E-state index in [9.17, 15) is 28.0 Å². The van der Waals surface area contributed by atoms with Gasteiger partial charge in [0.1, 0.15) is 17.7 Å². The number of nitriles is 1. The first-order valence-electron chi connectivity index (χ1n) is 11.3. The van der Waals surface area contributed by atoms with Crippen LogP contribution in [0.1, 0.15) is 27.2 Å². The second-order valence-corrected chi connectivity index (χ2v) is 8.61. The van der Waals surface area contributed by atoms with Crippen LogP contribution in [0.15, 0.2) is 42.5 Å². The van der Waals surface area contributed by atoms with Crippen molar-refractivity contribution in [3.05, 3.63) is 82.3 Å². The molecule has 1 saturated heterocycles. The molecule has 0 bridgehead atoms. The highest BCUT2D eigenvalue weighted by atomic mass is 19.2. The summed E-state index contributed by atoms with van der Waals surface area (Å²) in [6.07, 6.45) is 0. The summed E-state index contributed by atoms with van der Waals surface area (Å²) in [5.41, 5.74) is 2.23. The minimum Gasteiger partial charge on any atom is -0.336 e. The van der Waals surface area contributed by atoms with Gasteiger partial charge in [0.05, 0.1) is 17.8 Å². The number of nitrogens with zero attached hydrogens (tertiary/aromatic N) is 4. The third kappa shape index (κ3) is 4.97. The zero-order chi connectivity index (χ0) is 26.0. The van der Waals surface area contributed by atoms with Gasteiger partial charge < -0.3 is 10.2 Å². The summed E-state index contributed by atoms with van der Waals surface area (Å²) in [6, 6.07) is 11.0. The highest BCUT2D eigenvalue weighted by molar-refractivity contribution is 5.95. The van der Waals surface area contributed by atoms with E-state index in [1.807, 2.05) is 4.90 Å². The number of nitrogens with one attached hydrogen (secondary N) is 1. The lowest BCUT2D eigenvalue weighted by Gasteiger charge is -2.34. The van der Waals surface area contributed by atoms with E-state index in [0.717, 1.165) is 12.1 Å². The smallest absolute Gasteiger partial charge is 0.254 e. The molecule has 7 nitrogen and oxygen atoms in total. The average molecular weight is 496 g/mol. The van der Waals surface area contributed by atoms with Gasteiger partial charge in [-0.05, 0) is 55.8 Å². The third-order valence-corrected chi connectivity index (χ3v) is 6.34. The van der Waals surface area contributed by atoms with E-state index in [0.29, 0.717) is 48.7 Å². The number of hydrogen-bond acceptors (Lipinski definition) is 4. The van der Waals surface area contributed by atoms with Crippen LogP contribution in [-0.4, -0.2) is 58.9 Å². The van der Waals surface area contributed by atoms with Crippen molar-refractivity contribution in [1.29, 1.82) is 5.26 Å². The van der Waals surface area contributed by atoms with E-state index in [4.69, 9.17) is 0 Å². The summed E-state index contributed by atoms with van der Waals surface area (Å²) < 4.78 is 42.2. The van der Waals surface area contributed by atoms with Crippen molar-refractivity contribution in [3.63, 3.8) is 0 Å². The molecule has 2 amide bonds. The van der Waals surface area contributed by atoms with Crippen LogP contribution in [-0.2, 0) is 4.79 Å². The first kappa shape index (κ1) is 25.0. The fourth-order valence-electron chi connectivity index (χ4n) is 4.29. The highest BCUT2D eigenvalue weighted by Gasteiger charge is 2.26. The van der Waals surface area contributed by atoms with Gasteiger partial charge in [-0.15, -0.1) is 0 Å². The molecule has 1 aliphatic heterocycles. The molecule has 4 rings (SSSR count). The van der Waals surface area contributed by atoms with Crippen molar-refractivity contribution in [3.8, 4) is 11.8 Å². The van der Waals surface area contributed by atoms with Gasteiger partial charge in [0.25, 0.3) is 5.91 Å². The number of hydrogen-bond donors (Lipinski definition) is 1. The van der Waals surface area contributed by atoms with Crippen LogP contribution in [0.25, 0.3) is 5.69 Å². The topological polar surface area (TPSA) is 81.4 Å². The summed E-state index contributed by atoms with van der Waals surface area (Å²) >= 11 is 0. The molecule has 1 fully saturated rings. The Morgan fingerprint density at radius 1 is 1.00 bits per heavy atom. The van der Waals surface area contributed by atoms with Gasteiger partial charge in [0, 0.05) is 37.4 Å². The predicted molar refractivity (Wildman–Crippen MR) is 127 cm³/mol. The first-order chi connectivity index (χ1) is 17.2. The Hall–Kier alpha value is -4.10.